The van der Waals surface area contributed by atoms with Crippen LogP contribution in [0.3, 0.4) is 0 Å². The van der Waals surface area contributed by atoms with E-state index in [0.717, 1.165) is 19.1 Å². The number of hydrogen-bond acceptors (Lipinski definition) is 1. The van der Waals surface area contributed by atoms with Crippen LogP contribution in [0.25, 0.3) is 0 Å². The zero-order valence-corrected chi connectivity index (χ0v) is 20.8. The Balaban J connectivity index is 0.000000278. The molecule has 0 aliphatic heterocycles. The maximum absolute atomic E-state index is 2.40. The Morgan fingerprint density at radius 2 is 1.23 bits per heavy atom. The van der Waals surface area contributed by atoms with Crippen LogP contribution in [0.4, 0.5) is 0 Å². The van der Waals surface area contributed by atoms with E-state index >= 15 is 0 Å². The molecule has 0 amide bonds. The fourth-order valence-electron chi connectivity index (χ4n) is 2.50. The first-order valence-corrected chi connectivity index (χ1v) is 11.6. The van der Waals surface area contributed by atoms with E-state index in [9.17, 15) is 0 Å². The van der Waals surface area contributed by atoms with Crippen molar-refractivity contribution in [3.05, 3.63) is 88.0 Å². The van der Waals surface area contributed by atoms with Crippen LogP contribution in [-0.2, 0) is 32.4 Å². The van der Waals surface area contributed by atoms with Gasteiger partial charge in [0.15, 0.2) is 0 Å². The topological polar surface area (TPSA) is 13.1 Å². The fraction of sp³-hybridized carbons (Fsp3) is 0.250. The molecule has 140 valence electrons. The average molecular weight is 752 g/mol. The first-order valence-electron chi connectivity index (χ1n) is 8.53. The second kappa shape index (κ2) is 10.3. The predicted octanol–water partition coefficient (Wildman–Crippen LogP) is 5.62. The summed E-state index contributed by atoms with van der Waals surface area (Å²) in [4.78, 5) is 0. The molecule has 3 nitrogen and oxygen atoms in total. The van der Waals surface area contributed by atoms with Crippen molar-refractivity contribution in [2.75, 3.05) is 0 Å². The number of hydrogen-bond donors (Lipinski definition) is 0. The molecule has 2 aromatic carbocycles. The minimum atomic E-state index is 0.909. The molecular weight excluding hydrogens is 731 g/mol. The summed E-state index contributed by atoms with van der Waals surface area (Å²) in [5.41, 5.74) is 2.65. The second-order valence-electron chi connectivity index (χ2n) is 6.26. The molecule has 4 rings (SSSR count). The fourth-order valence-corrected chi connectivity index (χ4v) is 4.31. The standard InChI is InChI=1S/C17H16N2.C3H5I2N.Pt/c1-3-7-16(8-4-1)13-18-11-12-19(15-18)14-17-9-5-2-6-10-17;4-6(5)3-1-2-3;/h1-12H,13-14H2;3H,1-2H2;. The number of aromatic nitrogens is 2. The maximum atomic E-state index is 2.40. The Labute approximate surface area is 193 Å². The minimum absolute atomic E-state index is 0.909. The molecule has 1 heterocycles. The van der Waals surface area contributed by atoms with Crippen LogP contribution in [0.15, 0.2) is 73.1 Å². The molecule has 1 aromatic heterocycles. The van der Waals surface area contributed by atoms with E-state index in [0.29, 0.717) is 0 Å². The first kappa shape index (κ1) is 20.5. The quantitative estimate of drug-likeness (QED) is 0.244. The van der Waals surface area contributed by atoms with E-state index < -0.39 is 0 Å². The summed E-state index contributed by atoms with van der Waals surface area (Å²) >= 11 is 7.03. The molecule has 0 atom stereocenters. The Morgan fingerprint density at radius 1 is 0.808 bits per heavy atom. The van der Waals surface area contributed by atoms with Gasteiger partial charge in [-0.05, 0) is 12.8 Å². The van der Waals surface area contributed by atoms with Crippen molar-refractivity contribution in [1.82, 2.24) is 10.5 Å². The van der Waals surface area contributed by atoms with Gasteiger partial charge in [0.2, 0.25) is 0 Å². The molecule has 0 N–H and O–H groups in total. The van der Waals surface area contributed by atoms with E-state index in [-0.39, 0.29) is 0 Å². The zero-order valence-electron chi connectivity index (χ0n) is 14.2. The monoisotopic (exact) mass is 752 g/mol. The molecule has 1 saturated carbocycles. The molecule has 0 unspecified atom stereocenters. The van der Waals surface area contributed by atoms with Crippen molar-refractivity contribution in [2.45, 2.75) is 32.0 Å². The molecule has 3 aromatic rings. The van der Waals surface area contributed by atoms with Crippen LogP contribution in [0, 0.1) is 3.80 Å². The first-order chi connectivity index (χ1) is 12.6. The number of halogens is 2. The van der Waals surface area contributed by atoms with Gasteiger partial charge in [-0.25, -0.2) is 0 Å². The predicted molar refractivity (Wildman–Crippen MR) is 120 cm³/mol. The summed E-state index contributed by atoms with van der Waals surface area (Å²) in [6, 6.07) is 22.0. The molecular formula is C20H21I2N3Pt. The van der Waals surface area contributed by atoms with Crippen molar-refractivity contribution in [2.24, 2.45) is 0 Å². The third-order valence-electron chi connectivity index (χ3n) is 4.08. The Morgan fingerprint density at radius 3 is 1.54 bits per heavy atom. The van der Waals surface area contributed by atoms with Crippen LogP contribution >= 0.6 is 45.7 Å². The van der Waals surface area contributed by atoms with Crippen molar-refractivity contribution in [1.29, 1.82) is 0 Å². The molecule has 1 aliphatic carbocycles. The SMILES string of the molecule is IN(I)C1CC1.[Pt]=[c]1n(Cc2ccccc2)ccn1Cc1ccccc1. The van der Waals surface area contributed by atoms with Crippen LogP contribution in [0.2, 0.25) is 0 Å². The molecule has 6 heteroatoms. The van der Waals surface area contributed by atoms with Crippen LogP contribution in [0.1, 0.15) is 24.0 Å². The van der Waals surface area contributed by atoms with E-state index in [1.165, 1.54) is 27.8 Å². The van der Waals surface area contributed by atoms with Gasteiger partial charge in [-0.15, -0.1) is 0 Å². The van der Waals surface area contributed by atoms with Gasteiger partial charge in [0, 0.05) is 51.8 Å². The number of benzene rings is 2. The van der Waals surface area contributed by atoms with Gasteiger partial charge >= 0.3 is 130 Å². The normalized spacial score (nSPS) is 13.4. The van der Waals surface area contributed by atoms with Gasteiger partial charge in [0.05, 0.1) is 0 Å². The van der Waals surface area contributed by atoms with Gasteiger partial charge in [-0.2, -0.15) is 1.33 Å². The summed E-state index contributed by atoms with van der Waals surface area (Å²) in [6.45, 7) is 1.84. The third kappa shape index (κ3) is 6.43. The number of imidazole rings is 1. The van der Waals surface area contributed by atoms with Gasteiger partial charge < -0.3 is 0 Å². The zero-order chi connectivity index (χ0) is 18.4. The van der Waals surface area contributed by atoms with E-state index in [4.69, 9.17) is 0 Å². The summed E-state index contributed by atoms with van der Waals surface area (Å²) in [6.07, 6.45) is 7.12. The molecule has 0 radical (unpaired) electrons. The Kier molecular flexibility index (Phi) is 8.15. The molecule has 1 aliphatic rings. The molecule has 26 heavy (non-hydrogen) atoms. The van der Waals surface area contributed by atoms with E-state index in [1.807, 2.05) is 0 Å². The number of rotatable bonds is 5. The van der Waals surface area contributed by atoms with Gasteiger partial charge in [0.1, 0.15) is 0 Å². The third-order valence-corrected chi connectivity index (χ3v) is 6.96. The number of nitrogens with zero attached hydrogens (tertiary/aromatic N) is 3. The van der Waals surface area contributed by atoms with Crippen LogP contribution in [-0.4, -0.2) is 16.5 Å². The van der Waals surface area contributed by atoms with Crippen molar-refractivity contribution < 1.29 is 19.4 Å². The van der Waals surface area contributed by atoms with Crippen molar-refractivity contribution >= 4 is 45.7 Å². The summed E-state index contributed by atoms with van der Waals surface area (Å²) < 4.78 is 8.02. The summed E-state index contributed by atoms with van der Waals surface area (Å²) in [5, 5.41) is 0. The van der Waals surface area contributed by atoms with E-state index in [2.05, 4.69) is 149 Å². The van der Waals surface area contributed by atoms with Crippen molar-refractivity contribution in [3.8, 4) is 0 Å². The molecule has 0 spiro atoms. The van der Waals surface area contributed by atoms with Gasteiger partial charge in [0.25, 0.3) is 0 Å². The molecule has 0 bridgehead atoms. The molecule has 0 saturated heterocycles. The average Bonchev–Trinajstić information content (AvgIpc) is 3.46. The molecule has 1 fully saturated rings. The van der Waals surface area contributed by atoms with Crippen molar-refractivity contribution in [3.63, 3.8) is 0 Å². The van der Waals surface area contributed by atoms with Gasteiger partial charge in [-0.1, -0.05) is 0 Å². The second-order valence-corrected chi connectivity index (χ2v) is 11.2. The Bertz CT molecular complexity index is 794. The van der Waals surface area contributed by atoms with E-state index in [1.54, 1.807) is 0 Å². The van der Waals surface area contributed by atoms with Crippen LogP contribution < -0.4 is 0 Å². The van der Waals surface area contributed by atoms with Crippen LogP contribution in [0.5, 0.6) is 0 Å². The summed E-state index contributed by atoms with van der Waals surface area (Å²) in [7, 11) is 0. The Hall–Kier alpha value is -0.242. The van der Waals surface area contributed by atoms with Gasteiger partial charge in [-0.3, -0.25) is 0 Å². The summed E-state index contributed by atoms with van der Waals surface area (Å²) in [5.74, 6) is 0.